The molecule has 0 saturated heterocycles. The van der Waals surface area contributed by atoms with Crippen LogP contribution in [0.4, 0.5) is 0 Å². The fraction of sp³-hybridized carbons (Fsp3) is 0.333. The maximum absolute atomic E-state index is 13.4. The van der Waals surface area contributed by atoms with Gasteiger partial charge in [-0.15, -0.1) is 0 Å². The standard InChI is InChI=1S/C21H21ClN4O3/c1-29-19(27)9-15-3-2-14-8-18(22)20-16(10-24-25-20)17(14)12-26(21(15)28)11-13-4-6-23-7-5-13/h4-8,10,15H,2-3,9,11-12H2,1H3,(H,24,25)/t15-/m0/s1. The first-order valence-electron chi connectivity index (χ1n) is 9.44. The van der Waals surface area contributed by atoms with Gasteiger partial charge in [-0.1, -0.05) is 11.6 Å². The van der Waals surface area contributed by atoms with Crippen molar-refractivity contribution in [1.29, 1.82) is 0 Å². The number of aryl methyl sites for hydroxylation is 1. The number of pyridine rings is 1. The molecule has 1 aliphatic heterocycles. The van der Waals surface area contributed by atoms with E-state index in [9.17, 15) is 9.59 Å². The van der Waals surface area contributed by atoms with Crippen LogP contribution >= 0.6 is 11.6 Å². The Hall–Kier alpha value is -2.93. The summed E-state index contributed by atoms with van der Waals surface area (Å²) in [5.41, 5.74) is 3.86. The fourth-order valence-corrected chi connectivity index (χ4v) is 4.16. The van der Waals surface area contributed by atoms with E-state index in [2.05, 4.69) is 15.2 Å². The van der Waals surface area contributed by atoms with E-state index >= 15 is 0 Å². The Bertz CT molecular complexity index is 1050. The van der Waals surface area contributed by atoms with Crippen molar-refractivity contribution in [3.63, 3.8) is 0 Å². The lowest BCUT2D eigenvalue weighted by molar-refractivity contribution is -0.147. The average molecular weight is 413 g/mol. The number of nitrogens with zero attached hydrogens (tertiary/aromatic N) is 3. The maximum Gasteiger partial charge on any atom is 0.306 e. The van der Waals surface area contributed by atoms with Gasteiger partial charge in [0.05, 0.1) is 30.3 Å². The molecule has 0 bridgehead atoms. The quantitative estimate of drug-likeness (QED) is 0.664. The highest BCUT2D eigenvalue weighted by Crippen LogP contribution is 2.33. The van der Waals surface area contributed by atoms with Crippen LogP contribution in [-0.2, 0) is 33.8 Å². The average Bonchev–Trinajstić information content (AvgIpc) is 3.22. The third-order valence-corrected chi connectivity index (χ3v) is 5.73. The SMILES string of the molecule is COC(=O)C[C@@H]1CCc2cc(Cl)c3[nH]ncc3c2CN(Cc2ccncc2)C1=O. The summed E-state index contributed by atoms with van der Waals surface area (Å²) < 4.78 is 4.81. The summed E-state index contributed by atoms with van der Waals surface area (Å²) in [7, 11) is 1.34. The third-order valence-electron chi connectivity index (χ3n) is 5.43. The Balaban J connectivity index is 1.75. The molecule has 7 nitrogen and oxygen atoms in total. The Labute approximate surface area is 173 Å². The lowest BCUT2D eigenvalue weighted by Crippen LogP contribution is -2.38. The zero-order valence-electron chi connectivity index (χ0n) is 16.0. The summed E-state index contributed by atoms with van der Waals surface area (Å²) in [6, 6.07) is 5.71. The molecule has 3 heterocycles. The number of methoxy groups -OCH3 is 1. The summed E-state index contributed by atoms with van der Waals surface area (Å²) in [6.45, 7) is 0.849. The van der Waals surface area contributed by atoms with Gasteiger partial charge in [0.2, 0.25) is 5.91 Å². The van der Waals surface area contributed by atoms with Crippen molar-refractivity contribution >= 4 is 34.4 Å². The van der Waals surface area contributed by atoms with E-state index in [0.29, 0.717) is 31.0 Å². The fourth-order valence-electron chi connectivity index (χ4n) is 3.89. The molecule has 1 amide bonds. The second-order valence-corrected chi connectivity index (χ2v) is 7.63. The number of aromatic amines is 1. The highest BCUT2D eigenvalue weighted by Gasteiger charge is 2.31. The molecule has 3 aromatic rings. The van der Waals surface area contributed by atoms with Crippen LogP contribution in [0, 0.1) is 5.92 Å². The number of hydrogen-bond donors (Lipinski definition) is 1. The molecule has 0 fully saturated rings. The number of rotatable bonds is 4. The summed E-state index contributed by atoms with van der Waals surface area (Å²) in [5, 5.41) is 8.60. The second kappa shape index (κ2) is 8.21. The van der Waals surface area contributed by atoms with Gasteiger partial charge in [-0.3, -0.25) is 19.7 Å². The largest absolute Gasteiger partial charge is 0.469 e. The molecule has 150 valence electrons. The second-order valence-electron chi connectivity index (χ2n) is 7.22. The van der Waals surface area contributed by atoms with Crippen molar-refractivity contribution in [2.24, 2.45) is 5.92 Å². The molecule has 0 saturated carbocycles. The first-order valence-corrected chi connectivity index (χ1v) is 9.82. The van der Waals surface area contributed by atoms with Crippen LogP contribution in [0.25, 0.3) is 10.9 Å². The first-order chi connectivity index (χ1) is 14.1. The van der Waals surface area contributed by atoms with Crippen LogP contribution in [0.1, 0.15) is 29.5 Å². The number of benzene rings is 1. The van der Waals surface area contributed by atoms with Crippen molar-refractivity contribution in [3.05, 3.63) is 58.5 Å². The minimum atomic E-state index is -0.434. The van der Waals surface area contributed by atoms with Gasteiger partial charge >= 0.3 is 5.97 Å². The summed E-state index contributed by atoms with van der Waals surface area (Å²) in [5.74, 6) is -0.864. The van der Waals surface area contributed by atoms with Gasteiger partial charge < -0.3 is 9.64 Å². The lowest BCUT2D eigenvalue weighted by atomic mass is 9.89. The number of esters is 1. The van der Waals surface area contributed by atoms with Gasteiger partial charge in [-0.05, 0) is 47.7 Å². The molecule has 0 aliphatic carbocycles. The molecule has 29 heavy (non-hydrogen) atoms. The number of ether oxygens (including phenoxy) is 1. The predicted molar refractivity (Wildman–Crippen MR) is 108 cm³/mol. The number of nitrogens with one attached hydrogen (secondary N) is 1. The number of halogens is 1. The van der Waals surface area contributed by atoms with E-state index in [1.807, 2.05) is 18.2 Å². The van der Waals surface area contributed by atoms with Gasteiger partial charge in [0, 0.05) is 36.8 Å². The zero-order chi connectivity index (χ0) is 20.4. The molecule has 0 spiro atoms. The summed E-state index contributed by atoms with van der Waals surface area (Å²) in [6.07, 6.45) is 6.44. The van der Waals surface area contributed by atoms with Gasteiger partial charge in [0.1, 0.15) is 0 Å². The van der Waals surface area contributed by atoms with Gasteiger partial charge in [0.25, 0.3) is 0 Å². The monoisotopic (exact) mass is 412 g/mol. The number of aromatic nitrogens is 3. The summed E-state index contributed by atoms with van der Waals surface area (Å²) >= 11 is 6.43. The molecule has 8 heteroatoms. The Morgan fingerprint density at radius 2 is 2.17 bits per heavy atom. The molecular formula is C21H21ClN4O3. The lowest BCUT2D eigenvalue weighted by Gasteiger charge is -2.31. The highest BCUT2D eigenvalue weighted by atomic mass is 35.5. The van der Waals surface area contributed by atoms with Crippen molar-refractivity contribution < 1.29 is 14.3 Å². The number of amides is 1. The smallest absolute Gasteiger partial charge is 0.306 e. The van der Waals surface area contributed by atoms with Gasteiger partial charge in [-0.2, -0.15) is 5.10 Å². The van der Waals surface area contributed by atoms with E-state index in [-0.39, 0.29) is 18.3 Å². The predicted octanol–water partition coefficient (Wildman–Crippen LogP) is 3.27. The number of fused-ring (bicyclic) bond motifs is 3. The van der Waals surface area contributed by atoms with E-state index in [1.165, 1.54) is 7.11 Å². The summed E-state index contributed by atoms with van der Waals surface area (Å²) in [4.78, 5) is 31.1. The molecule has 0 unspecified atom stereocenters. The Morgan fingerprint density at radius 1 is 1.38 bits per heavy atom. The van der Waals surface area contributed by atoms with E-state index in [0.717, 1.165) is 27.6 Å². The van der Waals surface area contributed by atoms with E-state index in [1.54, 1.807) is 23.5 Å². The molecule has 2 aromatic heterocycles. The minimum absolute atomic E-state index is 0.0514. The number of H-pyrrole nitrogens is 1. The normalized spacial score (nSPS) is 17.0. The molecule has 1 aliphatic rings. The minimum Gasteiger partial charge on any atom is -0.469 e. The molecule has 4 rings (SSSR count). The Kier molecular flexibility index (Phi) is 5.49. The molecule has 1 N–H and O–H groups in total. The van der Waals surface area contributed by atoms with Crippen LogP contribution in [0.5, 0.6) is 0 Å². The Morgan fingerprint density at radius 3 is 2.93 bits per heavy atom. The van der Waals surface area contributed by atoms with Crippen LogP contribution < -0.4 is 0 Å². The van der Waals surface area contributed by atoms with Crippen molar-refractivity contribution in [2.75, 3.05) is 7.11 Å². The van der Waals surface area contributed by atoms with E-state index in [4.69, 9.17) is 16.3 Å². The molecule has 1 atom stereocenters. The van der Waals surface area contributed by atoms with Crippen molar-refractivity contribution in [2.45, 2.75) is 32.4 Å². The molecular weight excluding hydrogens is 392 g/mol. The topological polar surface area (TPSA) is 88.2 Å². The first kappa shape index (κ1) is 19.4. The number of hydrogen-bond acceptors (Lipinski definition) is 5. The van der Waals surface area contributed by atoms with Crippen LogP contribution in [0.3, 0.4) is 0 Å². The third kappa shape index (κ3) is 3.96. The van der Waals surface area contributed by atoms with Crippen molar-refractivity contribution in [3.8, 4) is 0 Å². The van der Waals surface area contributed by atoms with Gasteiger partial charge in [0.15, 0.2) is 0 Å². The van der Waals surface area contributed by atoms with Crippen LogP contribution in [0.15, 0.2) is 36.8 Å². The number of carbonyl (C=O) groups excluding carboxylic acids is 2. The highest BCUT2D eigenvalue weighted by molar-refractivity contribution is 6.35. The van der Waals surface area contributed by atoms with Crippen LogP contribution in [0.2, 0.25) is 5.02 Å². The molecule has 1 aromatic carbocycles. The van der Waals surface area contributed by atoms with Crippen molar-refractivity contribution in [1.82, 2.24) is 20.1 Å². The maximum atomic E-state index is 13.4. The van der Waals surface area contributed by atoms with Crippen LogP contribution in [-0.4, -0.2) is 39.1 Å². The zero-order valence-corrected chi connectivity index (χ0v) is 16.8. The number of carbonyl (C=O) groups is 2. The molecule has 0 radical (unpaired) electrons. The van der Waals surface area contributed by atoms with Gasteiger partial charge in [-0.25, -0.2) is 0 Å². The van der Waals surface area contributed by atoms with E-state index < -0.39 is 5.92 Å².